The average molecular weight is 337 g/mol. The summed E-state index contributed by atoms with van der Waals surface area (Å²) in [6.45, 7) is 2.32. The molecule has 2 aromatic heterocycles. The van der Waals surface area contributed by atoms with Crippen LogP contribution in [0.1, 0.15) is 24.6 Å². The van der Waals surface area contributed by atoms with Crippen LogP contribution in [0.15, 0.2) is 22.9 Å². The van der Waals surface area contributed by atoms with E-state index < -0.39 is 0 Å². The number of fused-ring (bicyclic) bond motifs is 1. The van der Waals surface area contributed by atoms with Gasteiger partial charge in [0.25, 0.3) is 0 Å². The zero-order valence-electron chi connectivity index (χ0n) is 12.3. The third-order valence-corrected chi connectivity index (χ3v) is 4.79. The molecule has 0 spiro atoms. The van der Waals surface area contributed by atoms with Crippen molar-refractivity contribution in [1.82, 2.24) is 14.3 Å². The molecule has 1 aliphatic rings. The number of anilines is 1. The number of halogens is 1. The first-order valence-corrected chi connectivity index (χ1v) is 7.89. The second-order valence-electron chi connectivity index (χ2n) is 5.87. The molecule has 3 heterocycles. The van der Waals surface area contributed by atoms with Crippen LogP contribution < -0.4 is 4.90 Å². The number of aromatic nitrogens is 2. The fourth-order valence-electron chi connectivity index (χ4n) is 2.89. The molecule has 0 saturated carbocycles. The van der Waals surface area contributed by atoms with Gasteiger partial charge in [-0.2, -0.15) is 0 Å². The zero-order valence-corrected chi connectivity index (χ0v) is 13.9. The summed E-state index contributed by atoms with van der Waals surface area (Å²) in [7, 11) is 6.32. The molecule has 108 valence electrons. The molecular formula is C15H21BrN4. The summed E-state index contributed by atoms with van der Waals surface area (Å²) in [5.41, 5.74) is 2.36. The van der Waals surface area contributed by atoms with Crippen molar-refractivity contribution in [2.24, 2.45) is 0 Å². The third-order valence-electron chi connectivity index (χ3n) is 4.21. The van der Waals surface area contributed by atoms with Gasteiger partial charge in [-0.15, -0.1) is 0 Å². The predicted molar refractivity (Wildman–Crippen MR) is 86.7 cm³/mol. The van der Waals surface area contributed by atoms with E-state index in [1.165, 1.54) is 24.4 Å². The van der Waals surface area contributed by atoms with Crippen molar-refractivity contribution in [2.45, 2.75) is 18.8 Å². The Kier molecular flexibility index (Phi) is 3.73. The highest BCUT2D eigenvalue weighted by Gasteiger charge is 2.23. The molecule has 20 heavy (non-hydrogen) atoms. The van der Waals surface area contributed by atoms with E-state index in [2.05, 4.69) is 69.6 Å². The molecule has 4 nitrogen and oxygen atoms in total. The molecule has 1 aliphatic heterocycles. The minimum atomic E-state index is 0.565. The van der Waals surface area contributed by atoms with Crippen LogP contribution in [0, 0.1) is 0 Å². The van der Waals surface area contributed by atoms with Crippen molar-refractivity contribution in [2.75, 3.05) is 39.1 Å². The maximum absolute atomic E-state index is 4.78. The van der Waals surface area contributed by atoms with Crippen molar-refractivity contribution in [3.63, 3.8) is 0 Å². The van der Waals surface area contributed by atoms with Crippen LogP contribution in [0.3, 0.4) is 0 Å². The minimum absolute atomic E-state index is 0.565. The van der Waals surface area contributed by atoms with Gasteiger partial charge in [-0.1, -0.05) is 0 Å². The summed E-state index contributed by atoms with van der Waals surface area (Å²) in [4.78, 5) is 9.30. The summed E-state index contributed by atoms with van der Waals surface area (Å²) >= 11 is 3.62. The van der Waals surface area contributed by atoms with Crippen molar-refractivity contribution in [3.05, 3.63) is 28.8 Å². The van der Waals surface area contributed by atoms with Gasteiger partial charge in [0.15, 0.2) is 0 Å². The molecule has 1 fully saturated rings. The molecule has 0 aromatic carbocycles. The minimum Gasteiger partial charge on any atom is -0.378 e. The van der Waals surface area contributed by atoms with Gasteiger partial charge >= 0.3 is 0 Å². The van der Waals surface area contributed by atoms with Gasteiger partial charge in [0.2, 0.25) is 0 Å². The smallest absolute Gasteiger partial charge is 0.132 e. The van der Waals surface area contributed by atoms with Gasteiger partial charge in [0, 0.05) is 31.9 Å². The zero-order chi connectivity index (χ0) is 14.3. The maximum Gasteiger partial charge on any atom is 0.132 e. The molecule has 3 rings (SSSR count). The van der Waals surface area contributed by atoms with E-state index in [-0.39, 0.29) is 0 Å². The van der Waals surface area contributed by atoms with Crippen LogP contribution in [0.2, 0.25) is 0 Å². The number of piperidine rings is 1. The van der Waals surface area contributed by atoms with Gasteiger partial charge < -0.3 is 14.2 Å². The molecule has 5 heteroatoms. The highest BCUT2D eigenvalue weighted by molar-refractivity contribution is 9.10. The first-order chi connectivity index (χ1) is 9.56. The summed E-state index contributed by atoms with van der Waals surface area (Å²) < 4.78 is 3.20. The molecule has 0 N–H and O–H groups in total. The molecule has 0 atom stereocenters. The number of imidazole rings is 1. The Balaban J connectivity index is 2.00. The van der Waals surface area contributed by atoms with E-state index in [4.69, 9.17) is 4.98 Å². The topological polar surface area (TPSA) is 23.8 Å². The molecule has 0 amide bonds. The summed E-state index contributed by atoms with van der Waals surface area (Å²) in [5, 5.41) is 0. The van der Waals surface area contributed by atoms with Crippen LogP contribution in [0.5, 0.6) is 0 Å². The van der Waals surface area contributed by atoms with Crippen LogP contribution in [0.4, 0.5) is 5.69 Å². The molecule has 0 bridgehead atoms. The average Bonchev–Trinajstić information content (AvgIpc) is 2.76. The molecule has 0 aliphatic carbocycles. The molecule has 0 radical (unpaired) electrons. The largest absolute Gasteiger partial charge is 0.378 e. The number of pyridine rings is 1. The molecular weight excluding hydrogens is 316 g/mol. The number of rotatable bonds is 2. The van der Waals surface area contributed by atoms with Gasteiger partial charge in [-0.3, -0.25) is 0 Å². The monoisotopic (exact) mass is 336 g/mol. The Hall–Kier alpha value is -1.07. The lowest BCUT2D eigenvalue weighted by Crippen LogP contribution is -2.29. The lowest BCUT2D eigenvalue weighted by molar-refractivity contribution is 0.251. The van der Waals surface area contributed by atoms with Crippen LogP contribution in [-0.4, -0.2) is 48.5 Å². The fraction of sp³-hybridized carbons (Fsp3) is 0.533. The predicted octanol–water partition coefficient (Wildman–Crippen LogP) is 2.97. The SMILES string of the molecule is CN1CCC(c2nc(Br)c3cc(N(C)C)ccn23)CC1. The summed E-state index contributed by atoms with van der Waals surface area (Å²) in [6.07, 6.45) is 4.53. The van der Waals surface area contributed by atoms with Crippen LogP contribution >= 0.6 is 15.9 Å². The van der Waals surface area contributed by atoms with E-state index in [0.29, 0.717) is 5.92 Å². The van der Waals surface area contributed by atoms with Crippen LogP contribution in [0.25, 0.3) is 5.52 Å². The van der Waals surface area contributed by atoms with E-state index in [1.807, 2.05) is 0 Å². The molecule has 2 aromatic rings. The Labute approximate surface area is 128 Å². The van der Waals surface area contributed by atoms with Crippen LogP contribution in [-0.2, 0) is 0 Å². The lowest BCUT2D eigenvalue weighted by atomic mass is 9.96. The lowest BCUT2D eigenvalue weighted by Gasteiger charge is -2.28. The van der Waals surface area contributed by atoms with E-state index >= 15 is 0 Å². The van der Waals surface area contributed by atoms with E-state index in [9.17, 15) is 0 Å². The third kappa shape index (κ3) is 2.44. The van der Waals surface area contributed by atoms with E-state index in [1.54, 1.807) is 0 Å². The van der Waals surface area contributed by atoms with Crippen molar-refractivity contribution < 1.29 is 0 Å². The number of hydrogen-bond acceptors (Lipinski definition) is 3. The highest BCUT2D eigenvalue weighted by atomic mass is 79.9. The first kappa shape index (κ1) is 13.9. The standard InChI is InChI=1S/C15H21BrN4/c1-18(2)12-6-9-20-13(10-12)14(16)17-15(20)11-4-7-19(3)8-5-11/h6,9-11H,4-5,7-8H2,1-3H3. The van der Waals surface area contributed by atoms with Gasteiger partial charge in [-0.25, -0.2) is 4.98 Å². The number of likely N-dealkylation sites (tertiary alicyclic amines) is 1. The molecule has 1 saturated heterocycles. The first-order valence-electron chi connectivity index (χ1n) is 7.09. The van der Waals surface area contributed by atoms with Gasteiger partial charge in [-0.05, 0) is 61.0 Å². The maximum atomic E-state index is 4.78. The van der Waals surface area contributed by atoms with Crippen molar-refractivity contribution in [3.8, 4) is 0 Å². The Bertz CT molecular complexity index is 612. The number of nitrogens with zero attached hydrogens (tertiary/aromatic N) is 4. The van der Waals surface area contributed by atoms with Crippen molar-refractivity contribution in [1.29, 1.82) is 0 Å². The summed E-state index contributed by atoms with van der Waals surface area (Å²) in [6, 6.07) is 4.34. The normalized spacial score (nSPS) is 17.8. The highest BCUT2D eigenvalue weighted by Crippen LogP contribution is 2.31. The van der Waals surface area contributed by atoms with Gasteiger partial charge in [0.05, 0.1) is 5.52 Å². The second kappa shape index (κ2) is 5.37. The fourth-order valence-corrected chi connectivity index (χ4v) is 3.38. The Morgan fingerprint density at radius 2 is 2.00 bits per heavy atom. The second-order valence-corrected chi connectivity index (χ2v) is 6.62. The molecule has 0 unspecified atom stereocenters. The van der Waals surface area contributed by atoms with Gasteiger partial charge in [0.1, 0.15) is 10.4 Å². The summed E-state index contributed by atoms with van der Waals surface area (Å²) in [5.74, 6) is 1.76. The van der Waals surface area contributed by atoms with Crippen molar-refractivity contribution >= 4 is 27.1 Å². The Morgan fingerprint density at radius 1 is 1.30 bits per heavy atom. The Morgan fingerprint density at radius 3 is 2.65 bits per heavy atom. The quantitative estimate of drug-likeness (QED) is 0.842. The van der Waals surface area contributed by atoms with E-state index in [0.717, 1.165) is 23.2 Å². The number of hydrogen-bond donors (Lipinski definition) is 0.